The highest BCUT2D eigenvalue weighted by atomic mass is 16.4. The zero-order chi connectivity index (χ0) is 13.6. The van der Waals surface area contributed by atoms with E-state index in [9.17, 15) is 4.79 Å². The van der Waals surface area contributed by atoms with Gasteiger partial charge in [-0.15, -0.1) is 0 Å². The Labute approximate surface area is 109 Å². The van der Waals surface area contributed by atoms with Gasteiger partial charge in [0.15, 0.2) is 0 Å². The average Bonchev–Trinajstić information content (AvgIpc) is 2.86. The van der Waals surface area contributed by atoms with Crippen LogP contribution in [0, 0.1) is 11.3 Å². The molecule has 0 aromatic heterocycles. The predicted octanol–water partition coefficient (Wildman–Crippen LogP) is 1.85. The Kier molecular flexibility index (Phi) is 5.44. The summed E-state index contributed by atoms with van der Waals surface area (Å²) in [6.07, 6.45) is 6.71. The fourth-order valence-corrected chi connectivity index (χ4v) is 2.27. The number of hydrogen-bond acceptors (Lipinski definition) is 3. The van der Waals surface area contributed by atoms with Crippen LogP contribution in [-0.2, 0) is 4.79 Å². The molecule has 0 atom stereocenters. The molecule has 0 aliphatic heterocycles. The maximum atomic E-state index is 11.7. The lowest BCUT2D eigenvalue weighted by Crippen LogP contribution is -2.42. The molecule has 1 aliphatic carbocycles. The first-order valence-electron chi connectivity index (χ1n) is 6.70. The highest BCUT2D eigenvalue weighted by Gasteiger charge is 2.24. The first-order valence-corrected chi connectivity index (χ1v) is 6.70. The molecule has 0 heterocycles. The Hall–Kier alpha value is -1.26. The van der Waals surface area contributed by atoms with Gasteiger partial charge >= 0.3 is 0 Å². The minimum absolute atomic E-state index is 0.0562. The fourth-order valence-electron chi connectivity index (χ4n) is 2.27. The molecule has 1 aliphatic rings. The zero-order valence-electron chi connectivity index (χ0n) is 11.4. The second-order valence-corrected chi connectivity index (χ2v) is 5.84. The number of hydrogen-bond donors (Lipinski definition) is 3. The second kappa shape index (κ2) is 6.61. The maximum Gasteiger partial charge on any atom is 0.220 e. The van der Waals surface area contributed by atoms with E-state index < -0.39 is 5.41 Å². The van der Waals surface area contributed by atoms with E-state index in [-0.39, 0.29) is 11.7 Å². The van der Waals surface area contributed by atoms with Crippen LogP contribution in [-0.4, -0.2) is 23.5 Å². The van der Waals surface area contributed by atoms with Crippen LogP contribution in [0.25, 0.3) is 0 Å². The van der Waals surface area contributed by atoms with Crippen molar-refractivity contribution in [1.82, 2.24) is 5.32 Å². The molecule has 0 aromatic carbocycles. The third-order valence-electron chi connectivity index (χ3n) is 3.78. The van der Waals surface area contributed by atoms with Gasteiger partial charge in [-0.25, -0.2) is 0 Å². The molecule has 0 unspecified atom stereocenters. The van der Waals surface area contributed by atoms with Crippen LogP contribution in [0.4, 0.5) is 0 Å². The molecule has 1 rings (SSSR count). The zero-order valence-corrected chi connectivity index (χ0v) is 11.4. The lowest BCUT2D eigenvalue weighted by molar-refractivity contribution is -0.121. The van der Waals surface area contributed by atoms with Crippen molar-refractivity contribution in [2.45, 2.75) is 52.4 Å². The molecule has 0 radical (unpaired) electrons. The normalized spacial score (nSPS) is 18.0. The molecular formula is C13H25N3O2. The highest BCUT2D eigenvalue weighted by Crippen LogP contribution is 2.28. The number of amides is 1. The van der Waals surface area contributed by atoms with E-state index in [1.165, 1.54) is 25.7 Å². The summed E-state index contributed by atoms with van der Waals surface area (Å²) in [6, 6.07) is 0. The lowest BCUT2D eigenvalue weighted by atomic mass is 9.92. The molecule has 104 valence electrons. The van der Waals surface area contributed by atoms with Gasteiger partial charge in [0.1, 0.15) is 5.84 Å². The third-order valence-corrected chi connectivity index (χ3v) is 3.78. The molecule has 0 saturated heterocycles. The van der Waals surface area contributed by atoms with E-state index in [0.29, 0.717) is 13.0 Å². The summed E-state index contributed by atoms with van der Waals surface area (Å²) in [4.78, 5) is 11.7. The first-order chi connectivity index (χ1) is 8.45. The third kappa shape index (κ3) is 4.55. The van der Waals surface area contributed by atoms with Gasteiger partial charge in [-0.2, -0.15) is 0 Å². The summed E-state index contributed by atoms with van der Waals surface area (Å²) >= 11 is 0. The van der Waals surface area contributed by atoms with Gasteiger partial charge in [0.25, 0.3) is 0 Å². The fraction of sp³-hybridized carbons (Fsp3) is 0.846. The number of nitrogens with zero attached hydrogens (tertiary/aromatic N) is 1. The van der Waals surface area contributed by atoms with E-state index >= 15 is 0 Å². The van der Waals surface area contributed by atoms with Gasteiger partial charge in [0.05, 0.1) is 0 Å². The van der Waals surface area contributed by atoms with Crippen molar-refractivity contribution < 1.29 is 10.0 Å². The van der Waals surface area contributed by atoms with Gasteiger partial charge in [-0.05, 0) is 12.3 Å². The summed E-state index contributed by atoms with van der Waals surface area (Å²) in [7, 11) is 0. The average molecular weight is 255 g/mol. The Morgan fingerprint density at radius 1 is 1.44 bits per heavy atom. The van der Waals surface area contributed by atoms with Gasteiger partial charge < -0.3 is 16.3 Å². The number of carbonyl (C=O) groups is 1. The van der Waals surface area contributed by atoms with Crippen LogP contribution >= 0.6 is 0 Å². The van der Waals surface area contributed by atoms with Gasteiger partial charge in [0.2, 0.25) is 5.91 Å². The molecule has 1 saturated carbocycles. The molecule has 1 fully saturated rings. The van der Waals surface area contributed by atoms with Crippen LogP contribution in [0.1, 0.15) is 52.4 Å². The predicted molar refractivity (Wildman–Crippen MR) is 71.4 cm³/mol. The minimum atomic E-state index is -0.516. The molecule has 5 nitrogen and oxygen atoms in total. The van der Waals surface area contributed by atoms with Crippen molar-refractivity contribution in [2.24, 2.45) is 22.2 Å². The maximum absolute atomic E-state index is 11.7. The number of carbonyl (C=O) groups excluding carboxylic acids is 1. The van der Waals surface area contributed by atoms with Crippen LogP contribution < -0.4 is 11.1 Å². The van der Waals surface area contributed by atoms with Crippen molar-refractivity contribution in [1.29, 1.82) is 0 Å². The van der Waals surface area contributed by atoms with Crippen LogP contribution in [0.5, 0.6) is 0 Å². The molecule has 0 aromatic rings. The van der Waals surface area contributed by atoms with E-state index in [0.717, 1.165) is 12.3 Å². The van der Waals surface area contributed by atoms with Crippen molar-refractivity contribution in [3.8, 4) is 0 Å². The Balaban J connectivity index is 2.23. The molecule has 18 heavy (non-hydrogen) atoms. The monoisotopic (exact) mass is 255 g/mol. The number of rotatable bonds is 6. The van der Waals surface area contributed by atoms with E-state index in [4.69, 9.17) is 10.9 Å². The molecule has 5 heteroatoms. The SMILES string of the molecule is CC(C)(CNC(=O)CCC1CCCC1)C(N)=NO. The van der Waals surface area contributed by atoms with Crippen molar-refractivity contribution in [3.05, 3.63) is 0 Å². The number of oxime groups is 1. The van der Waals surface area contributed by atoms with Crippen molar-refractivity contribution >= 4 is 11.7 Å². The van der Waals surface area contributed by atoms with Gasteiger partial charge in [-0.3, -0.25) is 4.79 Å². The summed E-state index contributed by atoms with van der Waals surface area (Å²) in [5, 5.41) is 14.5. The van der Waals surface area contributed by atoms with E-state index in [1.807, 2.05) is 13.8 Å². The molecular weight excluding hydrogens is 230 g/mol. The first kappa shape index (κ1) is 14.8. The second-order valence-electron chi connectivity index (χ2n) is 5.84. The number of nitrogens with two attached hydrogens (primary N) is 1. The molecule has 0 bridgehead atoms. The smallest absolute Gasteiger partial charge is 0.220 e. The summed E-state index contributed by atoms with van der Waals surface area (Å²) in [5.41, 5.74) is 5.04. The van der Waals surface area contributed by atoms with Crippen LogP contribution in [0.3, 0.4) is 0 Å². The topological polar surface area (TPSA) is 87.7 Å². The number of nitrogens with one attached hydrogen (secondary N) is 1. The van der Waals surface area contributed by atoms with Crippen LogP contribution in [0.15, 0.2) is 5.16 Å². The van der Waals surface area contributed by atoms with Crippen LogP contribution in [0.2, 0.25) is 0 Å². The minimum Gasteiger partial charge on any atom is -0.409 e. The Morgan fingerprint density at radius 3 is 2.61 bits per heavy atom. The standard InChI is InChI=1S/C13H25N3O2/c1-13(2,12(14)16-18)9-15-11(17)8-7-10-5-3-4-6-10/h10,18H,3-9H2,1-2H3,(H2,14,16)(H,15,17). The molecule has 0 spiro atoms. The molecule has 1 amide bonds. The lowest BCUT2D eigenvalue weighted by Gasteiger charge is -2.23. The number of amidine groups is 1. The summed E-state index contributed by atoms with van der Waals surface area (Å²) in [6.45, 7) is 4.06. The van der Waals surface area contributed by atoms with E-state index in [1.54, 1.807) is 0 Å². The van der Waals surface area contributed by atoms with Crippen molar-refractivity contribution in [2.75, 3.05) is 6.54 Å². The van der Waals surface area contributed by atoms with Gasteiger partial charge in [0, 0.05) is 18.4 Å². The Bertz CT molecular complexity index is 307. The van der Waals surface area contributed by atoms with Gasteiger partial charge in [-0.1, -0.05) is 44.7 Å². The largest absolute Gasteiger partial charge is 0.409 e. The highest BCUT2D eigenvalue weighted by molar-refractivity contribution is 5.86. The quantitative estimate of drug-likeness (QED) is 0.293. The molecule has 4 N–H and O–H groups in total. The van der Waals surface area contributed by atoms with E-state index in [2.05, 4.69) is 10.5 Å². The summed E-state index contributed by atoms with van der Waals surface area (Å²) in [5.74, 6) is 0.923. The summed E-state index contributed by atoms with van der Waals surface area (Å²) < 4.78 is 0. The van der Waals surface area contributed by atoms with Crippen molar-refractivity contribution in [3.63, 3.8) is 0 Å². The Morgan fingerprint density at radius 2 is 2.06 bits per heavy atom.